The third-order valence-corrected chi connectivity index (χ3v) is 6.56. The lowest BCUT2D eigenvalue weighted by Crippen LogP contribution is -2.65. The van der Waals surface area contributed by atoms with Crippen LogP contribution in [-0.4, -0.2) is 68.8 Å². The number of nitrogens with zero attached hydrogens (tertiary/aromatic N) is 3. The monoisotopic (exact) mass is 435 g/mol. The minimum Gasteiger partial charge on any atom is -0.481 e. The average molecular weight is 436 g/mol. The number of carbonyl (C=O) groups is 4. The SMILES string of the molecule is CCCN1C(=O)[C@H]2[C@@H](CCN2C(=O)CC(C)(C)CC(=O)O)N(Cc2cccs2)C1=O. The molecule has 2 aliphatic heterocycles. The Morgan fingerprint density at radius 1 is 1.27 bits per heavy atom. The van der Waals surface area contributed by atoms with Crippen molar-refractivity contribution in [1.82, 2.24) is 14.7 Å². The van der Waals surface area contributed by atoms with Gasteiger partial charge in [0.05, 0.1) is 19.0 Å². The van der Waals surface area contributed by atoms with Crippen molar-refractivity contribution in [2.75, 3.05) is 13.1 Å². The molecule has 1 aromatic rings. The van der Waals surface area contributed by atoms with Crippen molar-refractivity contribution in [3.05, 3.63) is 22.4 Å². The van der Waals surface area contributed by atoms with Gasteiger partial charge in [0.25, 0.3) is 5.91 Å². The van der Waals surface area contributed by atoms with Gasteiger partial charge in [-0.2, -0.15) is 0 Å². The van der Waals surface area contributed by atoms with Gasteiger partial charge in [-0.25, -0.2) is 4.79 Å². The van der Waals surface area contributed by atoms with Crippen molar-refractivity contribution >= 4 is 35.2 Å². The van der Waals surface area contributed by atoms with Crippen LogP contribution in [0.3, 0.4) is 0 Å². The number of carboxylic acid groups (broad SMARTS) is 1. The molecule has 9 heteroatoms. The summed E-state index contributed by atoms with van der Waals surface area (Å²) in [5.41, 5.74) is -0.714. The van der Waals surface area contributed by atoms with E-state index in [0.717, 1.165) is 4.88 Å². The smallest absolute Gasteiger partial charge is 0.327 e. The number of urea groups is 1. The Morgan fingerprint density at radius 3 is 2.60 bits per heavy atom. The van der Waals surface area contributed by atoms with Crippen LogP contribution in [0.4, 0.5) is 4.79 Å². The molecule has 0 aromatic carbocycles. The predicted molar refractivity (Wildman–Crippen MR) is 112 cm³/mol. The van der Waals surface area contributed by atoms with Crippen LogP contribution < -0.4 is 0 Å². The third-order valence-electron chi connectivity index (χ3n) is 5.70. The second-order valence-corrected chi connectivity index (χ2v) is 9.81. The molecule has 2 atom stereocenters. The number of aliphatic carboxylic acids is 1. The van der Waals surface area contributed by atoms with Crippen LogP contribution in [0.15, 0.2) is 17.5 Å². The summed E-state index contributed by atoms with van der Waals surface area (Å²) < 4.78 is 0. The summed E-state index contributed by atoms with van der Waals surface area (Å²) >= 11 is 1.56. The minimum atomic E-state index is -0.956. The summed E-state index contributed by atoms with van der Waals surface area (Å²) in [6.45, 7) is 6.50. The number of likely N-dealkylation sites (tertiary alicyclic amines) is 1. The van der Waals surface area contributed by atoms with Crippen LogP contribution in [0, 0.1) is 5.41 Å². The summed E-state index contributed by atoms with van der Waals surface area (Å²) in [6.07, 6.45) is 1.10. The molecular formula is C21H29N3O5S. The van der Waals surface area contributed by atoms with E-state index in [0.29, 0.717) is 32.5 Å². The van der Waals surface area contributed by atoms with E-state index in [1.54, 1.807) is 35.0 Å². The zero-order valence-corrected chi connectivity index (χ0v) is 18.5. The first-order valence-corrected chi connectivity index (χ1v) is 11.2. The standard InChI is InChI=1S/C21H29N3O5S/c1-4-8-23-19(28)18-15(24(20(23)29)13-14-6-5-10-30-14)7-9-22(18)16(25)11-21(2,3)12-17(26)27/h5-6,10,15,18H,4,7-9,11-13H2,1-3H3,(H,26,27)/t15-,18-/m1/s1. The Labute approximate surface area is 180 Å². The molecule has 0 spiro atoms. The van der Waals surface area contributed by atoms with Gasteiger partial charge < -0.3 is 14.9 Å². The molecule has 2 aliphatic rings. The largest absolute Gasteiger partial charge is 0.481 e. The molecule has 2 saturated heterocycles. The summed E-state index contributed by atoms with van der Waals surface area (Å²) in [5.74, 6) is -1.51. The second-order valence-electron chi connectivity index (χ2n) is 8.78. The maximum Gasteiger partial charge on any atom is 0.327 e. The molecule has 30 heavy (non-hydrogen) atoms. The predicted octanol–water partition coefficient (Wildman–Crippen LogP) is 2.78. The third kappa shape index (κ3) is 4.50. The molecule has 0 bridgehead atoms. The molecule has 4 amide bonds. The number of amides is 4. The molecule has 0 radical (unpaired) electrons. The quantitative estimate of drug-likeness (QED) is 0.677. The highest BCUT2D eigenvalue weighted by Gasteiger charge is 2.53. The molecule has 164 valence electrons. The van der Waals surface area contributed by atoms with E-state index in [1.165, 1.54) is 4.90 Å². The van der Waals surface area contributed by atoms with Crippen molar-refractivity contribution in [3.63, 3.8) is 0 Å². The molecule has 2 fully saturated rings. The van der Waals surface area contributed by atoms with E-state index in [9.17, 15) is 19.2 Å². The number of carboxylic acids is 1. The number of carbonyl (C=O) groups excluding carboxylic acids is 3. The van der Waals surface area contributed by atoms with Crippen LogP contribution in [0.25, 0.3) is 0 Å². The molecule has 3 heterocycles. The van der Waals surface area contributed by atoms with Crippen molar-refractivity contribution < 1.29 is 24.3 Å². The van der Waals surface area contributed by atoms with Crippen LogP contribution >= 0.6 is 11.3 Å². The number of fused-ring (bicyclic) bond motifs is 1. The second kappa shape index (κ2) is 8.75. The highest BCUT2D eigenvalue weighted by molar-refractivity contribution is 7.09. The topological polar surface area (TPSA) is 98.2 Å². The Kier molecular flexibility index (Phi) is 6.50. The number of imide groups is 1. The molecule has 0 aliphatic carbocycles. The molecule has 1 N–H and O–H groups in total. The van der Waals surface area contributed by atoms with Gasteiger partial charge in [0.1, 0.15) is 6.04 Å². The normalized spacial score (nSPS) is 21.9. The van der Waals surface area contributed by atoms with Gasteiger partial charge in [-0.05, 0) is 29.7 Å². The lowest BCUT2D eigenvalue weighted by atomic mass is 9.85. The van der Waals surface area contributed by atoms with Gasteiger partial charge >= 0.3 is 12.0 Å². The Bertz CT molecular complexity index is 823. The summed E-state index contributed by atoms with van der Waals surface area (Å²) in [7, 11) is 0. The van der Waals surface area contributed by atoms with Crippen LogP contribution in [0.5, 0.6) is 0 Å². The molecule has 0 unspecified atom stereocenters. The van der Waals surface area contributed by atoms with E-state index < -0.39 is 17.4 Å². The number of rotatable bonds is 8. The van der Waals surface area contributed by atoms with Crippen molar-refractivity contribution in [2.45, 2.75) is 65.1 Å². The maximum atomic E-state index is 13.2. The fraction of sp³-hybridized carbons (Fsp3) is 0.619. The number of hydrogen-bond donors (Lipinski definition) is 1. The molecule has 8 nitrogen and oxygen atoms in total. The highest BCUT2D eigenvalue weighted by atomic mass is 32.1. The summed E-state index contributed by atoms with van der Waals surface area (Å²) in [4.78, 5) is 56.1. The Hall–Kier alpha value is -2.42. The molecule has 3 rings (SSSR count). The van der Waals surface area contributed by atoms with Crippen LogP contribution in [0.1, 0.15) is 51.3 Å². The zero-order valence-electron chi connectivity index (χ0n) is 17.7. The molecular weight excluding hydrogens is 406 g/mol. The molecule has 0 saturated carbocycles. The van der Waals surface area contributed by atoms with E-state index in [4.69, 9.17) is 5.11 Å². The van der Waals surface area contributed by atoms with Crippen molar-refractivity contribution in [1.29, 1.82) is 0 Å². The summed E-state index contributed by atoms with van der Waals surface area (Å²) in [6, 6.07) is 2.53. The van der Waals surface area contributed by atoms with E-state index >= 15 is 0 Å². The van der Waals surface area contributed by atoms with Gasteiger partial charge in [0, 0.05) is 24.4 Å². The molecule has 1 aromatic heterocycles. The zero-order chi connectivity index (χ0) is 22.1. The van der Waals surface area contributed by atoms with Crippen LogP contribution in [0.2, 0.25) is 0 Å². The fourth-order valence-electron chi connectivity index (χ4n) is 4.40. The first-order valence-electron chi connectivity index (χ1n) is 10.3. The lowest BCUT2D eigenvalue weighted by Gasteiger charge is -2.43. The number of hydrogen-bond acceptors (Lipinski definition) is 5. The van der Waals surface area contributed by atoms with Crippen molar-refractivity contribution in [3.8, 4) is 0 Å². The van der Waals surface area contributed by atoms with Gasteiger partial charge in [-0.15, -0.1) is 11.3 Å². The van der Waals surface area contributed by atoms with Crippen molar-refractivity contribution in [2.24, 2.45) is 5.41 Å². The summed E-state index contributed by atoms with van der Waals surface area (Å²) in [5, 5.41) is 11.1. The van der Waals surface area contributed by atoms with Gasteiger partial charge in [0.2, 0.25) is 5.91 Å². The van der Waals surface area contributed by atoms with E-state index in [-0.39, 0.29) is 36.7 Å². The van der Waals surface area contributed by atoms with E-state index in [2.05, 4.69) is 0 Å². The first kappa shape index (κ1) is 22.3. The van der Waals surface area contributed by atoms with Crippen LogP contribution in [-0.2, 0) is 20.9 Å². The Morgan fingerprint density at radius 2 is 2.00 bits per heavy atom. The van der Waals surface area contributed by atoms with E-state index in [1.807, 2.05) is 24.4 Å². The van der Waals surface area contributed by atoms with Gasteiger partial charge in [-0.3, -0.25) is 19.3 Å². The average Bonchev–Trinajstić information content (AvgIpc) is 3.30. The van der Waals surface area contributed by atoms with Gasteiger partial charge in [0.15, 0.2) is 0 Å². The minimum absolute atomic E-state index is 0.0441. The maximum absolute atomic E-state index is 13.2. The van der Waals surface area contributed by atoms with Gasteiger partial charge in [-0.1, -0.05) is 26.8 Å². The Balaban J connectivity index is 1.84. The lowest BCUT2D eigenvalue weighted by molar-refractivity contribution is -0.148. The first-order chi connectivity index (χ1) is 14.1. The highest BCUT2D eigenvalue weighted by Crippen LogP contribution is 2.34. The fourth-order valence-corrected chi connectivity index (χ4v) is 5.10. The number of thiophene rings is 1.